The predicted octanol–water partition coefficient (Wildman–Crippen LogP) is 2.87. The molecule has 1 saturated heterocycles. The summed E-state index contributed by atoms with van der Waals surface area (Å²) in [6.45, 7) is 10.8. The Hall–Kier alpha value is -2.37. The van der Waals surface area contributed by atoms with Crippen molar-refractivity contribution < 1.29 is 14.4 Å². The molecular formula is C23H35N3O3. The molecule has 1 aromatic carbocycles. The van der Waals surface area contributed by atoms with Gasteiger partial charge in [-0.2, -0.15) is 0 Å². The molecule has 0 radical (unpaired) electrons. The van der Waals surface area contributed by atoms with Crippen LogP contribution in [-0.4, -0.2) is 48.8 Å². The molecule has 160 valence electrons. The zero-order valence-electron chi connectivity index (χ0n) is 18.2. The van der Waals surface area contributed by atoms with E-state index in [2.05, 4.69) is 38.3 Å². The standard InChI is InChI=1S/C23H35N3O3/c1-17-6-5-15-26(16-17)21(28)12-14-24-20(27)11-13-25-22(29)18-7-9-19(10-8-18)23(2,3)4/h7-10,17H,5-6,11-16H2,1-4H3,(H,24,27)(H,25,29). The van der Waals surface area contributed by atoms with Gasteiger partial charge < -0.3 is 15.5 Å². The fraction of sp³-hybridized carbons (Fsp3) is 0.609. The SMILES string of the molecule is CC1CCCN(C(=O)CCNC(=O)CCNC(=O)c2ccc(C(C)(C)C)cc2)C1. The third-order valence-electron chi connectivity index (χ3n) is 5.32. The van der Waals surface area contributed by atoms with Crippen LogP contribution < -0.4 is 10.6 Å². The van der Waals surface area contributed by atoms with Crippen molar-refractivity contribution in [1.29, 1.82) is 0 Å². The number of nitrogens with one attached hydrogen (secondary N) is 2. The quantitative estimate of drug-likeness (QED) is 0.737. The number of nitrogens with zero attached hydrogens (tertiary/aromatic N) is 1. The highest BCUT2D eigenvalue weighted by Crippen LogP contribution is 2.22. The summed E-state index contributed by atoms with van der Waals surface area (Å²) in [7, 11) is 0. The Morgan fingerprint density at radius 3 is 2.31 bits per heavy atom. The molecule has 1 unspecified atom stereocenters. The first-order chi connectivity index (χ1) is 13.7. The predicted molar refractivity (Wildman–Crippen MR) is 115 cm³/mol. The lowest BCUT2D eigenvalue weighted by atomic mass is 9.87. The van der Waals surface area contributed by atoms with Crippen LogP contribution in [0.15, 0.2) is 24.3 Å². The van der Waals surface area contributed by atoms with Crippen molar-refractivity contribution in [3.8, 4) is 0 Å². The van der Waals surface area contributed by atoms with Crippen LogP contribution >= 0.6 is 0 Å². The van der Waals surface area contributed by atoms with E-state index in [1.54, 1.807) is 0 Å². The molecule has 0 saturated carbocycles. The molecule has 6 heteroatoms. The highest BCUT2D eigenvalue weighted by Gasteiger charge is 2.20. The van der Waals surface area contributed by atoms with Crippen molar-refractivity contribution in [2.75, 3.05) is 26.2 Å². The van der Waals surface area contributed by atoms with E-state index in [1.165, 1.54) is 12.0 Å². The second-order valence-electron chi connectivity index (χ2n) is 9.02. The van der Waals surface area contributed by atoms with Gasteiger partial charge in [0.25, 0.3) is 5.91 Å². The molecule has 0 aliphatic carbocycles. The Kier molecular flexibility index (Phi) is 8.23. The number of hydrogen-bond acceptors (Lipinski definition) is 3. The minimum absolute atomic E-state index is 0.0424. The Morgan fingerprint density at radius 2 is 1.69 bits per heavy atom. The lowest BCUT2D eigenvalue weighted by molar-refractivity contribution is -0.132. The van der Waals surface area contributed by atoms with Crippen LogP contribution in [0, 0.1) is 5.92 Å². The van der Waals surface area contributed by atoms with Gasteiger partial charge in [0, 0.05) is 44.6 Å². The number of carbonyl (C=O) groups excluding carboxylic acids is 3. The van der Waals surface area contributed by atoms with Crippen LogP contribution in [0.1, 0.15) is 69.3 Å². The van der Waals surface area contributed by atoms with Crippen LogP contribution in [0.25, 0.3) is 0 Å². The van der Waals surface area contributed by atoms with E-state index in [1.807, 2.05) is 29.2 Å². The van der Waals surface area contributed by atoms with Gasteiger partial charge in [-0.05, 0) is 41.9 Å². The summed E-state index contributed by atoms with van der Waals surface area (Å²) in [6.07, 6.45) is 2.75. The second-order valence-corrected chi connectivity index (χ2v) is 9.02. The van der Waals surface area contributed by atoms with Gasteiger partial charge in [-0.3, -0.25) is 14.4 Å². The smallest absolute Gasteiger partial charge is 0.251 e. The third-order valence-corrected chi connectivity index (χ3v) is 5.32. The molecule has 1 atom stereocenters. The molecule has 2 N–H and O–H groups in total. The minimum Gasteiger partial charge on any atom is -0.356 e. The van der Waals surface area contributed by atoms with Gasteiger partial charge in [-0.1, -0.05) is 39.8 Å². The fourth-order valence-electron chi connectivity index (χ4n) is 3.48. The maximum Gasteiger partial charge on any atom is 0.251 e. The Balaban J connectivity index is 1.64. The van der Waals surface area contributed by atoms with Gasteiger partial charge in [0.2, 0.25) is 11.8 Å². The van der Waals surface area contributed by atoms with Crippen LogP contribution in [0.3, 0.4) is 0 Å². The number of carbonyl (C=O) groups is 3. The Labute approximate surface area is 174 Å². The molecule has 1 heterocycles. The van der Waals surface area contributed by atoms with Gasteiger partial charge in [-0.25, -0.2) is 0 Å². The lowest BCUT2D eigenvalue weighted by Crippen LogP contribution is -2.40. The van der Waals surface area contributed by atoms with E-state index in [4.69, 9.17) is 0 Å². The third kappa shape index (κ3) is 7.52. The normalized spacial score (nSPS) is 17.0. The maximum atomic E-state index is 12.2. The van der Waals surface area contributed by atoms with Gasteiger partial charge in [0.1, 0.15) is 0 Å². The molecule has 1 fully saturated rings. The van der Waals surface area contributed by atoms with E-state index in [0.717, 1.165) is 19.5 Å². The van der Waals surface area contributed by atoms with Crippen molar-refractivity contribution in [2.45, 2.75) is 58.8 Å². The first kappa shape index (κ1) is 22.9. The number of piperidine rings is 1. The van der Waals surface area contributed by atoms with Crippen molar-refractivity contribution in [3.63, 3.8) is 0 Å². The summed E-state index contributed by atoms with van der Waals surface area (Å²) >= 11 is 0. The summed E-state index contributed by atoms with van der Waals surface area (Å²) in [5.41, 5.74) is 1.79. The molecule has 6 nitrogen and oxygen atoms in total. The van der Waals surface area contributed by atoms with Crippen LogP contribution in [-0.2, 0) is 15.0 Å². The molecule has 1 aliphatic heterocycles. The highest BCUT2D eigenvalue weighted by molar-refractivity contribution is 5.94. The van der Waals surface area contributed by atoms with Crippen molar-refractivity contribution in [3.05, 3.63) is 35.4 Å². The molecule has 0 aromatic heterocycles. The molecule has 0 bridgehead atoms. The Morgan fingerprint density at radius 1 is 1.03 bits per heavy atom. The Bertz CT molecular complexity index is 707. The van der Waals surface area contributed by atoms with Gasteiger partial charge in [0.15, 0.2) is 0 Å². The van der Waals surface area contributed by atoms with Crippen molar-refractivity contribution >= 4 is 17.7 Å². The van der Waals surface area contributed by atoms with Crippen molar-refractivity contribution in [2.24, 2.45) is 5.92 Å². The summed E-state index contributed by atoms with van der Waals surface area (Å²) in [4.78, 5) is 38.2. The van der Waals surface area contributed by atoms with Crippen LogP contribution in [0.2, 0.25) is 0 Å². The van der Waals surface area contributed by atoms with E-state index in [-0.39, 0.29) is 36.1 Å². The summed E-state index contributed by atoms with van der Waals surface area (Å²) in [5, 5.41) is 5.53. The summed E-state index contributed by atoms with van der Waals surface area (Å²) in [6, 6.07) is 7.54. The molecule has 3 amide bonds. The summed E-state index contributed by atoms with van der Waals surface area (Å²) in [5.74, 6) is 0.306. The first-order valence-corrected chi connectivity index (χ1v) is 10.6. The second kappa shape index (κ2) is 10.4. The average Bonchev–Trinajstić information content (AvgIpc) is 2.67. The number of amides is 3. The molecule has 29 heavy (non-hydrogen) atoms. The minimum atomic E-state index is -0.187. The molecule has 1 aromatic rings. The molecule has 2 rings (SSSR count). The largest absolute Gasteiger partial charge is 0.356 e. The van der Waals surface area contributed by atoms with E-state index < -0.39 is 0 Å². The molecule has 1 aliphatic rings. The van der Waals surface area contributed by atoms with E-state index in [0.29, 0.717) is 24.4 Å². The van der Waals surface area contributed by atoms with E-state index in [9.17, 15) is 14.4 Å². The zero-order chi connectivity index (χ0) is 21.4. The van der Waals surface area contributed by atoms with Crippen LogP contribution in [0.4, 0.5) is 0 Å². The monoisotopic (exact) mass is 401 g/mol. The fourth-order valence-corrected chi connectivity index (χ4v) is 3.48. The number of hydrogen-bond donors (Lipinski definition) is 2. The van der Waals surface area contributed by atoms with Crippen molar-refractivity contribution in [1.82, 2.24) is 15.5 Å². The molecular weight excluding hydrogens is 366 g/mol. The average molecular weight is 402 g/mol. The topological polar surface area (TPSA) is 78.5 Å². The van der Waals surface area contributed by atoms with Gasteiger partial charge in [0.05, 0.1) is 0 Å². The van der Waals surface area contributed by atoms with Gasteiger partial charge >= 0.3 is 0 Å². The van der Waals surface area contributed by atoms with Crippen LogP contribution in [0.5, 0.6) is 0 Å². The maximum absolute atomic E-state index is 12.2. The molecule has 0 spiro atoms. The van der Waals surface area contributed by atoms with E-state index >= 15 is 0 Å². The number of likely N-dealkylation sites (tertiary alicyclic amines) is 1. The van der Waals surface area contributed by atoms with Gasteiger partial charge in [-0.15, -0.1) is 0 Å². The highest BCUT2D eigenvalue weighted by atomic mass is 16.2. The zero-order valence-corrected chi connectivity index (χ0v) is 18.2. The first-order valence-electron chi connectivity index (χ1n) is 10.6. The number of rotatable bonds is 7. The number of benzene rings is 1. The summed E-state index contributed by atoms with van der Waals surface area (Å²) < 4.78 is 0. The lowest BCUT2D eigenvalue weighted by Gasteiger charge is -2.31.